The van der Waals surface area contributed by atoms with Crippen molar-refractivity contribution in [1.82, 2.24) is 0 Å². The Balaban J connectivity index is 1.93. The quantitative estimate of drug-likeness (QED) is 0.597. The molecule has 1 rings (SSSR count). The van der Waals surface area contributed by atoms with Crippen molar-refractivity contribution in [2.75, 3.05) is 0 Å². The smallest absolute Gasteiger partial charge is 0.305 e. The van der Waals surface area contributed by atoms with Crippen molar-refractivity contribution < 1.29 is 24.5 Å². The molecule has 0 aromatic heterocycles. The lowest BCUT2D eigenvalue weighted by Gasteiger charge is -2.12. The number of hydrogen-bond acceptors (Lipinski definition) is 3. The first-order valence-corrected chi connectivity index (χ1v) is 7.17. The van der Waals surface area contributed by atoms with Gasteiger partial charge >= 0.3 is 11.9 Å². The van der Waals surface area contributed by atoms with E-state index in [-0.39, 0.29) is 25.0 Å². The van der Waals surface area contributed by atoms with Crippen molar-refractivity contribution in [2.45, 2.75) is 76.4 Å². The van der Waals surface area contributed by atoms with E-state index in [2.05, 4.69) is 0 Å². The van der Waals surface area contributed by atoms with Crippen molar-refractivity contribution >= 4 is 11.9 Å². The molecule has 5 nitrogen and oxygen atoms in total. The van der Waals surface area contributed by atoms with Crippen LogP contribution in [0.2, 0.25) is 0 Å². The maximum absolute atomic E-state index is 10.5. The molecule has 2 N–H and O–H groups in total. The SMILES string of the molecule is O=C(O)CCCCCCC[C@H]1CC[C@@H](CC(=O)O)O1. The van der Waals surface area contributed by atoms with E-state index in [0.29, 0.717) is 0 Å². The van der Waals surface area contributed by atoms with E-state index in [1.165, 1.54) is 0 Å². The number of unbranched alkanes of at least 4 members (excludes halogenated alkanes) is 4. The number of aliphatic carboxylic acids is 2. The molecule has 0 spiro atoms. The van der Waals surface area contributed by atoms with E-state index in [0.717, 1.165) is 51.4 Å². The maximum atomic E-state index is 10.5. The van der Waals surface area contributed by atoms with Gasteiger partial charge in [0.05, 0.1) is 18.6 Å². The van der Waals surface area contributed by atoms with E-state index in [1.807, 2.05) is 0 Å². The minimum absolute atomic E-state index is 0.0990. The second-order valence-corrected chi connectivity index (χ2v) is 5.26. The van der Waals surface area contributed by atoms with Crippen molar-refractivity contribution in [2.24, 2.45) is 0 Å². The first-order valence-electron chi connectivity index (χ1n) is 7.17. The van der Waals surface area contributed by atoms with Crippen LogP contribution in [0.25, 0.3) is 0 Å². The number of hydrogen-bond donors (Lipinski definition) is 2. The first kappa shape index (κ1) is 16.0. The van der Waals surface area contributed by atoms with Gasteiger partial charge in [-0.1, -0.05) is 25.7 Å². The van der Waals surface area contributed by atoms with E-state index in [9.17, 15) is 9.59 Å². The Morgan fingerprint density at radius 3 is 2.21 bits per heavy atom. The van der Waals surface area contributed by atoms with E-state index in [4.69, 9.17) is 14.9 Å². The first-order chi connectivity index (χ1) is 9.08. The van der Waals surface area contributed by atoms with Crippen LogP contribution in [0.5, 0.6) is 0 Å². The normalized spacial score (nSPS) is 22.5. The summed E-state index contributed by atoms with van der Waals surface area (Å²) in [7, 11) is 0. The molecule has 110 valence electrons. The van der Waals surface area contributed by atoms with E-state index >= 15 is 0 Å². The van der Waals surface area contributed by atoms with Gasteiger partial charge in [-0.05, 0) is 25.7 Å². The topological polar surface area (TPSA) is 83.8 Å². The molecule has 19 heavy (non-hydrogen) atoms. The van der Waals surface area contributed by atoms with Crippen molar-refractivity contribution in [3.63, 3.8) is 0 Å². The van der Waals surface area contributed by atoms with Gasteiger partial charge in [-0.25, -0.2) is 0 Å². The lowest BCUT2D eigenvalue weighted by atomic mass is 10.0. The van der Waals surface area contributed by atoms with Gasteiger partial charge < -0.3 is 14.9 Å². The number of ether oxygens (including phenoxy) is 1. The molecular formula is C14H24O5. The predicted octanol–water partition coefficient (Wildman–Crippen LogP) is 2.82. The van der Waals surface area contributed by atoms with Crippen molar-refractivity contribution in [3.05, 3.63) is 0 Å². The third-order valence-electron chi connectivity index (χ3n) is 3.51. The lowest BCUT2D eigenvalue weighted by Crippen LogP contribution is -2.14. The summed E-state index contributed by atoms with van der Waals surface area (Å²) in [5, 5.41) is 17.2. The highest BCUT2D eigenvalue weighted by Gasteiger charge is 2.26. The van der Waals surface area contributed by atoms with Crippen LogP contribution in [-0.4, -0.2) is 34.4 Å². The van der Waals surface area contributed by atoms with Gasteiger partial charge in [0.25, 0.3) is 0 Å². The summed E-state index contributed by atoms with van der Waals surface area (Å²) in [6, 6.07) is 0. The van der Waals surface area contributed by atoms with Crippen LogP contribution in [0.3, 0.4) is 0 Å². The number of carboxylic acids is 2. The Morgan fingerprint density at radius 2 is 1.53 bits per heavy atom. The molecule has 0 radical (unpaired) electrons. The zero-order valence-corrected chi connectivity index (χ0v) is 11.3. The number of rotatable bonds is 10. The fourth-order valence-electron chi connectivity index (χ4n) is 2.52. The molecule has 1 aliphatic rings. The van der Waals surface area contributed by atoms with Gasteiger partial charge in [0.1, 0.15) is 0 Å². The van der Waals surface area contributed by atoms with Gasteiger partial charge in [-0.15, -0.1) is 0 Å². The molecule has 0 bridgehead atoms. The van der Waals surface area contributed by atoms with Gasteiger partial charge in [0.2, 0.25) is 0 Å². The molecule has 0 saturated carbocycles. The molecule has 0 unspecified atom stereocenters. The van der Waals surface area contributed by atoms with Gasteiger partial charge in [0.15, 0.2) is 0 Å². The lowest BCUT2D eigenvalue weighted by molar-refractivity contribution is -0.140. The average Bonchev–Trinajstić information content (AvgIpc) is 2.74. The summed E-state index contributed by atoms with van der Waals surface area (Å²) < 4.78 is 5.67. The largest absolute Gasteiger partial charge is 0.481 e. The molecule has 5 heteroatoms. The molecule has 2 atom stereocenters. The van der Waals surface area contributed by atoms with Crippen LogP contribution in [0.15, 0.2) is 0 Å². The van der Waals surface area contributed by atoms with Gasteiger partial charge in [0, 0.05) is 6.42 Å². The molecule has 1 aliphatic heterocycles. The summed E-state index contributed by atoms with van der Waals surface area (Å²) in [6.45, 7) is 0. The molecule has 1 fully saturated rings. The molecule has 1 heterocycles. The second kappa shape index (κ2) is 8.91. The summed E-state index contributed by atoms with van der Waals surface area (Å²) in [5.41, 5.74) is 0. The Hall–Kier alpha value is -1.10. The summed E-state index contributed by atoms with van der Waals surface area (Å²) in [6.07, 6.45) is 8.31. The van der Waals surface area contributed by atoms with Crippen LogP contribution in [0.1, 0.15) is 64.2 Å². The predicted molar refractivity (Wildman–Crippen MR) is 70.1 cm³/mol. The fraction of sp³-hybridized carbons (Fsp3) is 0.857. The van der Waals surface area contributed by atoms with Crippen LogP contribution < -0.4 is 0 Å². The standard InChI is InChI=1S/C14H24O5/c15-13(16)7-5-3-1-2-4-6-11-8-9-12(19-11)10-14(17)18/h11-12H,1-10H2,(H,15,16)(H,17,18)/t11-,12-/m0/s1. The minimum Gasteiger partial charge on any atom is -0.481 e. The number of carbonyl (C=O) groups is 2. The molecule has 0 amide bonds. The summed E-state index contributed by atoms with van der Waals surface area (Å²) >= 11 is 0. The second-order valence-electron chi connectivity index (χ2n) is 5.26. The zero-order chi connectivity index (χ0) is 14.1. The van der Waals surface area contributed by atoms with Crippen LogP contribution >= 0.6 is 0 Å². The zero-order valence-electron chi connectivity index (χ0n) is 11.3. The molecule has 0 aromatic rings. The highest BCUT2D eigenvalue weighted by Crippen LogP contribution is 2.25. The third kappa shape index (κ3) is 7.82. The Bertz CT molecular complexity index is 290. The van der Waals surface area contributed by atoms with Crippen LogP contribution in [-0.2, 0) is 14.3 Å². The van der Waals surface area contributed by atoms with Gasteiger partial charge in [-0.3, -0.25) is 9.59 Å². The number of carboxylic acid groups (broad SMARTS) is 2. The average molecular weight is 272 g/mol. The molecule has 0 aliphatic carbocycles. The summed E-state index contributed by atoms with van der Waals surface area (Å²) in [4.78, 5) is 20.9. The molecule has 1 saturated heterocycles. The monoisotopic (exact) mass is 272 g/mol. The Kier molecular flexibility index (Phi) is 7.48. The highest BCUT2D eigenvalue weighted by atomic mass is 16.5. The highest BCUT2D eigenvalue weighted by molar-refractivity contribution is 5.67. The van der Waals surface area contributed by atoms with Crippen molar-refractivity contribution in [1.29, 1.82) is 0 Å². The van der Waals surface area contributed by atoms with Gasteiger partial charge in [-0.2, -0.15) is 0 Å². The fourth-order valence-corrected chi connectivity index (χ4v) is 2.52. The van der Waals surface area contributed by atoms with Crippen LogP contribution in [0.4, 0.5) is 0 Å². The Labute approximate surface area is 114 Å². The molecule has 0 aromatic carbocycles. The minimum atomic E-state index is -0.788. The third-order valence-corrected chi connectivity index (χ3v) is 3.51. The van der Waals surface area contributed by atoms with E-state index < -0.39 is 11.9 Å². The van der Waals surface area contributed by atoms with Crippen molar-refractivity contribution in [3.8, 4) is 0 Å². The summed E-state index contributed by atoms with van der Waals surface area (Å²) in [5.74, 6) is -1.51. The molecular weight excluding hydrogens is 248 g/mol. The van der Waals surface area contributed by atoms with Crippen LogP contribution in [0, 0.1) is 0 Å². The maximum Gasteiger partial charge on any atom is 0.305 e. The van der Waals surface area contributed by atoms with E-state index in [1.54, 1.807) is 0 Å². The Morgan fingerprint density at radius 1 is 0.895 bits per heavy atom.